The number of aryl methyl sites for hydroxylation is 1. The Kier molecular flexibility index (Phi) is 6.50. The number of thiocarbonyl (C=S) groups is 1. The summed E-state index contributed by atoms with van der Waals surface area (Å²) in [5, 5.41) is 9.86. The Labute approximate surface area is 117 Å². The fourth-order valence-corrected chi connectivity index (χ4v) is 1.95. The lowest BCUT2D eigenvalue weighted by atomic mass is 10.2. The van der Waals surface area contributed by atoms with Gasteiger partial charge in [-0.25, -0.2) is 5.84 Å². The zero-order valence-electron chi connectivity index (χ0n) is 10.1. The van der Waals surface area contributed by atoms with Crippen LogP contribution in [0.25, 0.3) is 0 Å². The van der Waals surface area contributed by atoms with Crippen molar-refractivity contribution in [3.63, 3.8) is 0 Å². The summed E-state index contributed by atoms with van der Waals surface area (Å²) in [7, 11) is 0. The van der Waals surface area contributed by atoms with Gasteiger partial charge < -0.3 is 4.74 Å². The predicted molar refractivity (Wildman–Crippen MR) is 78.2 cm³/mol. The van der Waals surface area contributed by atoms with Crippen molar-refractivity contribution in [2.45, 2.75) is 6.92 Å². The number of hydrogen-bond acceptors (Lipinski definition) is 5. The van der Waals surface area contributed by atoms with Gasteiger partial charge in [0.2, 0.25) is 0 Å². The van der Waals surface area contributed by atoms with Crippen LogP contribution >= 0.6 is 24.0 Å². The van der Waals surface area contributed by atoms with E-state index in [1.165, 1.54) is 16.8 Å². The summed E-state index contributed by atoms with van der Waals surface area (Å²) in [4.78, 5) is 0. The minimum atomic E-state index is 0.311. The normalized spacial score (nSPS) is 9.61. The minimum absolute atomic E-state index is 0.311. The first-order valence-corrected chi connectivity index (χ1v) is 6.79. The number of benzene rings is 1. The first kappa shape index (κ1) is 14.8. The van der Waals surface area contributed by atoms with Gasteiger partial charge in [0, 0.05) is 0 Å². The number of nitriles is 1. The van der Waals surface area contributed by atoms with Crippen LogP contribution in [0, 0.1) is 18.3 Å². The van der Waals surface area contributed by atoms with Gasteiger partial charge in [0.25, 0.3) is 0 Å². The highest BCUT2D eigenvalue weighted by Crippen LogP contribution is 2.16. The van der Waals surface area contributed by atoms with E-state index in [9.17, 15) is 0 Å². The summed E-state index contributed by atoms with van der Waals surface area (Å²) in [5.74, 6) is 6.90. The molecule has 1 aromatic rings. The highest BCUT2D eigenvalue weighted by molar-refractivity contribution is 8.23. The molecule has 0 saturated heterocycles. The van der Waals surface area contributed by atoms with Crippen LogP contribution in [0.2, 0.25) is 0 Å². The van der Waals surface area contributed by atoms with Gasteiger partial charge in [-0.1, -0.05) is 42.2 Å². The van der Waals surface area contributed by atoms with Gasteiger partial charge in [-0.05, 0) is 18.6 Å². The third-order valence-electron chi connectivity index (χ3n) is 2.18. The first-order chi connectivity index (χ1) is 8.65. The van der Waals surface area contributed by atoms with Gasteiger partial charge in [-0.15, -0.1) is 0 Å². The Hall–Kier alpha value is -1.29. The lowest BCUT2D eigenvalue weighted by Crippen LogP contribution is -2.37. The average Bonchev–Trinajstić information content (AvgIpc) is 2.38. The molecule has 0 heterocycles. The van der Waals surface area contributed by atoms with Crippen molar-refractivity contribution in [2.24, 2.45) is 5.84 Å². The molecule has 2 N–H and O–H groups in total. The number of hydrazine groups is 1. The summed E-state index contributed by atoms with van der Waals surface area (Å²) in [5.41, 5.74) is 1.09. The van der Waals surface area contributed by atoms with Crippen molar-refractivity contribution in [3.05, 3.63) is 29.8 Å². The quantitative estimate of drug-likeness (QED) is 0.506. The van der Waals surface area contributed by atoms with Gasteiger partial charge in [0.15, 0.2) is 4.32 Å². The second-order valence-corrected chi connectivity index (χ2v) is 5.13. The standard InChI is InChI=1S/C12H15N3OS2/c1-10-4-2-3-5-11(10)16-8-7-15(14)12(17)18-9-6-13/h2-5H,7-9,14H2,1H3. The van der Waals surface area contributed by atoms with Crippen molar-refractivity contribution >= 4 is 28.3 Å². The highest BCUT2D eigenvalue weighted by atomic mass is 32.2. The second-order valence-electron chi connectivity index (χ2n) is 3.52. The summed E-state index contributed by atoms with van der Waals surface area (Å²) in [6, 6.07) is 9.80. The van der Waals surface area contributed by atoms with Crippen LogP contribution in [0.1, 0.15) is 5.56 Å². The first-order valence-electron chi connectivity index (χ1n) is 5.39. The molecule has 0 radical (unpaired) electrons. The molecule has 0 aliphatic heterocycles. The fourth-order valence-electron chi connectivity index (χ4n) is 1.24. The van der Waals surface area contributed by atoms with Crippen LogP contribution in [0.15, 0.2) is 24.3 Å². The van der Waals surface area contributed by atoms with E-state index in [0.717, 1.165) is 11.3 Å². The molecule has 0 atom stereocenters. The van der Waals surface area contributed by atoms with Gasteiger partial charge in [0.1, 0.15) is 12.4 Å². The third kappa shape index (κ3) is 4.92. The Morgan fingerprint density at radius 3 is 2.94 bits per heavy atom. The van der Waals surface area contributed by atoms with Crippen molar-refractivity contribution in [3.8, 4) is 11.8 Å². The Balaban J connectivity index is 2.32. The maximum Gasteiger partial charge on any atom is 0.151 e. The molecule has 96 valence electrons. The van der Waals surface area contributed by atoms with E-state index in [-0.39, 0.29) is 0 Å². The molecule has 1 aromatic carbocycles. The largest absolute Gasteiger partial charge is 0.491 e. The van der Waals surface area contributed by atoms with Gasteiger partial charge in [-0.3, -0.25) is 5.01 Å². The van der Waals surface area contributed by atoms with Crippen molar-refractivity contribution in [2.75, 3.05) is 18.9 Å². The molecule has 0 unspecified atom stereocenters. The lowest BCUT2D eigenvalue weighted by Gasteiger charge is -2.18. The Bertz CT molecular complexity index is 445. The number of thioether (sulfide) groups is 1. The van der Waals surface area contributed by atoms with E-state index < -0.39 is 0 Å². The van der Waals surface area contributed by atoms with Crippen LogP contribution in [0.4, 0.5) is 0 Å². The van der Waals surface area contributed by atoms with E-state index in [2.05, 4.69) is 0 Å². The number of rotatable bonds is 5. The number of nitrogens with two attached hydrogens (primary N) is 1. The molecule has 0 saturated carbocycles. The molecule has 18 heavy (non-hydrogen) atoms. The number of nitrogens with zero attached hydrogens (tertiary/aromatic N) is 2. The molecule has 0 fully saturated rings. The van der Waals surface area contributed by atoms with E-state index in [1.54, 1.807) is 0 Å². The molecule has 4 nitrogen and oxygen atoms in total. The molecule has 6 heteroatoms. The molecule has 0 aliphatic carbocycles. The predicted octanol–water partition coefficient (Wildman–Crippen LogP) is 2.09. The zero-order chi connectivity index (χ0) is 13.4. The van der Waals surface area contributed by atoms with E-state index >= 15 is 0 Å². The van der Waals surface area contributed by atoms with Gasteiger partial charge in [-0.2, -0.15) is 5.26 Å². The summed E-state index contributed by atoms with van der Waals surface area (Å²) in [6.07, 6.45) is 0. The maximum absolute atomic E-state index is 8.44. The monoisotopic (exact) mass is 281 g/mol. The van der Waals surface area contributed by atoms with Crippen LogP contribution in [0.3, 0.4) is 0 Å². The Morgan fingerprint density at radius 1 is 1.56 bits per heavy atom. The van der Waals surface area contributed by atoms with Crippen molar-refractivity contribution in [1.29, 1.82) is 5.26 Å². The molecule has 0 aromatic heterocycles. The number of ether oxygens (including phenoxy) is 1. The lowest BCUT2D eigenvalue weighted by molar-refractivity contribution is 0.273. The van der Waals surface area contributed by atoms with Gasteiger partial charge >= 0.3 is 0 Å². The van der Waals surface area contributed by atoms with Crippen LogP contribution < -0.4 is 10.6 Å². The molecular weight excluding hydrogens is 266 g/mol. The molecular formula is C12H15N3OS2. The topological polar surface area (TPSA) is 62.3 Å². The molecule has 0 spiro atoms. The second kappa shape index (κ2) is 7.93. The van der Waals surface area contributed by atoms with Crippen molar-refractivity contribution < 1.29 is 4.74 Å². The summed E-state index contributed by atoms with van der Waals surface area (Å²) in [6.45, 7) is 2.93. The zero-order valence-corrected chi connectivity index (χ0v) is 11.8. The summed E-state index contributed by atoms with van der Waals surface area (Å²) < 4.78 is 6.11. The molecule has 0 amide bonds. The van der Waals surface area contributed by atoms with Crippen LogP contribution in [0.5, 0.6) is 5.75 Å². The highest BCUT2D eigenvalue weighted by Gasteiger charge is 2.06. The number of hydrogen-bond donors (Lipinski definition) is 1. The van der Waals surface area contributed by atoms with E-state index in [4.69, 9.17) is 28.1 Å². The SMILES string of the molecule is Cc1ccccc1OCCN(N)C(=S)SCC#N. The third-order valence-corrected chi connectivity index (χ3v) is 3.52. The Morgan fingerprint density at radius 2 is 2.28 bits per heavy atom. The number of para-hydroxylation sites is 1. The van der Waals surface area contributed by atoms with E-state index in [0.29, 0.717) is 23.2 Å². The van der Waals surface area contributed by atoms with Crippen molar-refractivity contribution in [1.82, 2.24) is 5.01 Å². The molecule has 1 rings (SSSR count). The van der Waals surface area contributed by atoms with Crippen LogP contribution in [-0.2, 0) is 0 Å². The smallest absolute Gasteiger partial charge is 0.151 e. The van der Waals surface area contributed by atoms with Gasteiger partial charge in [0.05, 0.1) is 18.4 Å². The average molecular weight is 281 g/mol. The maximum atomic E-state index is 8.44. The molecule has 0 bridgehead atoms. The van der Waals surface area contributed by atoms with E-state index in [1.807, 2.05) is 37.3 Å². The summed E-state index contributed by atoms with van der Waals surface area (Å²) >= 11 is 6.30. The van der Waals surface area contributed by atoms with Crippen LogP contribution in [-0.4, -0.2) is 28.2 Å². The minimum Gasteiger partial charge on any atom is -0.491 e. The fraction of sp³-hybridized carbons (Fsp3) is 0.333. The molecule has 0 aliphatic rings.